The van der Waals surface area contributed by atoms with Gasteiger partial charge < -0.3 is 18.6 Å². The number of hydrogen-bond donors (Lipinski definition) is 0. The first-order valence-corrected chi connectivity index (χ1v) is 18.9. The molecule has 0 amide bonds. The second kappa shape index (κ2) is 9.89. The molecule has 1 unspecified atom stereocenters. The Balaban J connectivity index is 1.45. The van der Waals surface area contributed by atoms with Crippen molar-refractivity contribution in [3.8, 4) is 5.75 Å². The van der Waals surface area contributed by atoms with E-state index >= 15 is 0 Å². The number of esters is 2. The van der Waals surface area contributed by atoms with Crippen LogP contribution >= 0.6 is 0 Å². The summed E-state index contributed by atoms with van der Waals surface area (Å²) in [7, 11) is -0.597. The van der Waals surface area contributed by atoms with Crippen molar-refractivity contribution in [3.63, 3.8) is 0 Å². The zero-order valence-corrected chi connectivity index (χ0v) is 28.9. The number of rotatable bonds is 6. The summed E-state index contributed by atoms with van der Waals surface area (Å²) in [5.41, 5.74) is 2.11. The predicted molar refractivity (Wildman–Crippen MR) is 170 cm³/mol. The first-order chi connectivity index (χ1) is 20.4. The highest BCUT2D eigenvalue weighted by Crippen LogP contribution is 2.73. The Hall–Kier alpha value is -2.71. The van der Waals surface area contributed by atoms with E-state index < -0.39 is 36.8 Å². The molecule has 238 valence electrons. The maximum Gasteiger partial charge on any atom is 0.316 e. The van der Waals surface area contributed by atoms with Crippen molar-refractivity contribution < 1.29 is 33.0 Å². The van der Waals surface area contributed by atoms with Crippen LogP contribution in [0.3, 0.4) is 0 Å². The summed E-state index contributed by atoms with van der Waals surface area (Å²) in [4.78, 5) is 38.9. The minimum absolute atomic E-state index is 0.0874. The molecule has 0 N–H and O–H groups in total. The summed E-state index contributed by atoms with van der Waals surface area (Å²) in [5.74, 6) is -0.0322. The lowest BCUT2D eigenvalue weighted by molar-refractivity contribution is -0.188. The molecule has 0 bridgehead atoms. The zero-order valence-electron chi connectivity index (χ0n) is 27.9. The molecule has 0 spiro atoms. The monoisotopic (exact) mass is 620 g/mol. The molecule has 1 aromatic carbocycles. The Labute approximate surface area is 262 Å². The highest BCUT2D eigenvalue weighted by molar-refractivity contribution is 6.74. The molecule has 0 aromatic heterocycles. The van der Waals surface area contributed by atoms with E-state index in [1.807, 2.05) is 13.0 Å². The third-order valence-corrected chi connectivity index (χ3v) is 17.0. The van der Waals surface area contributed by atoms with Gasteiger partial charge in [0, 0.05) is 23.7 Å². The number of aldehydes is 1. The third-order valence-electron chi connectivity index (χ3n) is 12.6. The van der Waals surface area contributed by atoms with Crippen LogP contribution in [0.15, 0.2) is 47.1 Å². The Morgan fingerprint density at radius 3 is 2.52 bits per heavy atom. The van der Waals surface area contributed by atoms with Crippen LogP contribution < -0.4 is 4.43 Å². The Morgan fingerprint density at radius 1 is 1.18 bits per heavy atom. The molecule has 8 heteroatoms. The van der Waals surface area contributed by atoms with E-state index in [0.717, 1.165) is 18.5 Å². The second-order valence-corrected chi connectivity index (χ2v) is 20.9. The van der Waals surface area contributed by atoms with E-state index in [0.29, 0.717) is 12.0 Å². The fourth-order valence-electron chi connectivity index (χ4n) is 9.76. The average Bonchev–Trinajstić information content (AvgIpc) is 3.52. The molecule has 1 saturated carbocycles. The van der Waals surface area contributed by atoms with E-state index in [4.69, 9.17) is 18.6 Å². The lowest BCUT2D eigenvalue weighted by Gasteiger charge is -2.60. The first-order valence-electron chi connectivity index (χ1n) is 16.0. The molecule has 0 radical (unpaired) electrons. The van der Waals surface area contributed by atoms with Gasteiger partial charge in [-0.1, -0.05) is 58.4 Å². The van der Waals surface area contributed by atoms with E-state index in [1.54, 1.807) is 0 Å². The highest BCUT2D eigenvalue weighted by atomic mass is 28.4. The zero-order chi connectivity index (χ0) is 32.2. The maximum absolute atomic E-state index is 13.5. The first kappa shape index (κ1) is 31.3. The summed E-state index contributed by atoms with van der Waals surface area (Å²) >= 11 is 0. The van der Waals surface area contributed by atoms with Crippen LogP contribution in [-0.4, -0.2) is 52.0 Å². The summed E-state index contributed by atoms with van der Waals surface area (Å²) in [6, 6.07) is 8.49. The highest BCUT2D eigenvalue weighted by Gasteiger charge is 2.76. The number of carbonyl (C=O) groups excluding carboxylic acids is 3. The number of carbonyl (C=O) groups is 3. The largest absolute Gasteiger partial charge is 0.543 e. The predicted octanol–water partition coefficient (Wildman–Crippen LogP) is 6.92. The van der Waals surface area contributed by atoms with Gasteiger partial charge in [-0.05, 0) is 85.0 Å². The van der Waals surface area contributed by atoms with Crippen LogP contribution in [0, 0.1) is 28.1 Å². The Bertz CT molecular complexity index is 1490. The number of allylic oxidation sites excluding steroid dienone is 2. The molecular formula is C36H48O7Si. The molecule has 7 nitrogen and oxygen atoms in total. The number of methoxy groups -OCH3 is 1. The molecular weight excluding hydrogens is 572 g/mol. The van der Waals surface area contributed by atoms with Gasteiger partial charge in [0.15, 0.2) is 0 Å². The van der Waals surface area contributed by atoms with Crippen molar-refractivity contribution in [2.24, 2.45) is 28.1 Å². The summed E-state index contributed by atoms with van der Waals surface area (Å²) in [5, 5.41) is 0.0874. The molecule has 6 rings (SSSR count). The Morgan fingerprint density at radius 2 is 1.89 bits per heavy atom. The molecule has 1 aromatic rings. The molecule has 5 aliphatic rings. The van der Waals surface area contributed by atoms with E-state index in [1.165, 1.54) is 23.8 Å². The van der Waals surface area contributed by atoms with Crippen LogP contribution in [0.4, 0.5) is 0 Å². The third kappa shape index (κ3) is 4.19. The lowest BCUT2D eigenvalue weighted by atomic mass is 9.41. The van der Waals surface area contributed by atoms with Gasteiger partial charge in [-0.25, -0.2) is 0 Å². The minimum Gasteiger partial charge on any atom is -0.543 e. The molecule has 2 aliphatic heterocycles. The fraction of sp³-hybridized carbons (Fsp3) is 0.639. The minimum atomic E-state index is -2.02. The van der Waals surface area contributed by atoms with Gasteiger partial charge in [0.1, 0.15) is 24.2 Å². The van der Waals surface area contributed by atoms with Crippen LogP contribution in [0.1, 0.15) is 79.2 Å². The van der Waals surface area contributed by atoms with Gasteiger partial charge in [0.2, 0.25) is 8.32 Å². The van der Waals surface area contributed by atoms with Crippen LogP contribution in [0.2, 0.25) is 18.1 Å². The maximum atomic E-state index is 13.5. The van der Waals surface area contributed by atoms with E-state index in [-0.39, 0.29) is 47.3 Å². The number of fused-ring (bicyclic) bond motifs is 4. The van der Waals surface area contributed by atoms with Gasteiger partial charge in [0.25, 0.3) is 0 Å². The smallest absolute Gasteiger partial charge is 0.316 e. The lowest BCUT2D eigenvalue weighted by Crippen LogP contribution is -2.64. The Kier molecular flexibility index (Phi) is 7.03. The molecule has 3 aliphatic carbocycles. The topological polar surface area (TPSA) is 88.1 Å². The van der Waals surface area contributed by atoms with Crippen molar-refractivity contribution in [1.29, 1.82) is 0 Å². The van der Waals surface area contributed by atoms with E-state index in [9.17, 15) is 14.4 Å². The molecule has 9 atom stereocenters. The van der Waals surface area contributed by atoms with Gasteiger partial charge >= 0.3 is 11.9 Å². The summed E-state index contributed by atoms with van der Waals surface area (Å²) < 4.78 is 25.1. The standard InChI is InChI=1S/C36H48O7Si/c1-20-24(22-12-11-13-23(14-22)43-44(9,10)33(2,3)4)15-25-28(20)36(7)26(16-27(38)40-8)34(5)17-21(19-37)18-35(6)30(34)29(31(36)41-25)42-32(35)39/h11-14,18-19,24-26,29-31H,15-17H2,1-10H3/t24-,25+,26?,29+,30+,31+,34+,35+,36+/m0/s1. The summed E-state index contributed by atoms with van der Waals surface area (Å²) in [6.07, 6.45) is 3.07. The van der Waals surface area contributed by atoms with E-state index in [2.05, 4.69) is 78.9 Å². The van der Waals surface area contributed by atoms with Crippen molar-refractivity contribution in [2.75, 3.05) is 7.11 Å². The van der Waals surface area contributed by atoms with Crippen molar-refractivity contribution in [1.82, 2.24) is 0 Å². The van der Waals surface area contributed by atoms with Gasteiger partial charge in [-0.15, -0.1) is 0 Å². The van der Waals surface area contributed by atoms with Gasteiger partial charge in [0.05, 0.1) is 18.6 Å². The summed E-state index contributed by atoms with van der Waals surface area (Å²) in [6.45, 7) is 19.7. The molecule has 2 saturated heterocycles. The number of hydrogen-bond acceptors (Lipinski definition) is 7. The second-order valence-electron chi connectivity index (χ2n) is 16.1. The van der Waals surface area contributed by atoms with Crippen LogP contribution in [-0.2, 0) is 28.6 Å². The normalized spacial score (nSPS) is 39.2. The van der Waals surface area contributed by atoms with Gasteiger partial charge in [-0.3, -0.25) is 14.4 Å². The quantitative estimate of drug-likeness (QED) is 0.148. The number of benzene rings is 1. The molecule has 44 heavy (non-hydrogen) atoms. The van der Waals surface area contributed by atoms with Crippen LogP contribution in [0.25, 0.3) is 0 Å². The fourth-order valence-corrected chi connectivity index (χ4v) is 10.8. The van der Waals surface area contributed by atoms with Crippen LogP contribution in [0.5, 0.6) is 5.75 Å². The molecule has 2 heterocycles. The van der Waals surface area contributed by atoms with Crippen molar-refractivity contribution in [3.05, 3.63) is 52.6 Å². The SMILES string of the molecule is COC(=O)CC1[C@]2(C)C3=C(C)[C@@H](c4cccc(O[Si](C)(C)C(C)(C)C)c4)C[C@H]3O[C@@H]2[C@@H]2OC(=O)[C@]3(C)C=C(C=O)C[C@@]1(C)[C@@H]23. The van der Waals surface area contributed by atoms with Crippen molar-refractivity contribution in [2.45, 2.75) is 110 Å². The molecule has 3 fully saturated rings. The van der Waals surface area contributed by atoms with Gasteiger partial charge in [-0.2, -0.15) is 0 Å². The number of ether oxygens (including phenoxy) is 3. The average molecular weight is 621 g/mol. The van der Waals surface area contributed by atoms with Crippen molar-refractivity contribution >= 4 is 26.5 Å².